The van der Waals surface area contributed by atoms with E-state index in [1.807, 2.05) is 60.0 Å². The molecule has 0 radical (unpaired) electrons. The summed E-state index contributed by atoms with van der Waals surface area (Å²) < 4.78 is 10.7. The summed E-state index contributed by atoms with van der Waals surface area (Å²) in [6.07, 6.45) is 2.57. The first-order valence-corrected chi connectivity index (χ1v) is 11.3. The van der Waals surface area contributed by atoms with Gasteiger partial charge >= 0.3 is 6.09 Å². The van der Waals surface area contributed by atoms with Gasteiger partial charge in [-0.15, -0.1) is 11.3 Å². The quantitative estimate of drug-likeness (QED) is 0.529. The van der Waals surface area contributed by atoms with Crippen molar-refractivity contribution in [2.24, 2.45) is 0 Å². The van der Waals surface area contributed by atoms with Crippen LogP contribution in [-0.2, 0) is 22.7 Å². The minimum absolute atomic E-state index is 0.148. The van der Waals surface area contributed by atoms with Gasteiger partial charge in [-0.1, -0.05) is 42.5 Å². The number of ether oxygens (including phenoxy) is 2. The highest BCUT2D eigenvalue weighted by molar-refractivity contribution is 7.13. The van der Waals surface area contributed by atoms with Crippen molar-refractivity contribution in [1.82, 2.24) is 9.88 Å². The lowest BCUT2D eigenvalue weighted by Gasteiger charge is -2.28. The molecule has 2 aromatic carbocycles. The Kier molecular flexibility index (Phi) is 7.01. The number of aromatic nitrogens is 1. The van der Waals surface area contributed by atoms with E-state index >= 15 is 0 Å². The second-order valence-electron chi connectivity index (χ2n) is 7.48. The van der Waals surface area contributed by atoms with Gasteiger partial charge in [-0.2, -0.15) is 0 Å². The molecule has 7 nitrogen and oxygen atoms in total. The summed E-state index contributed by atoms with van der Waals surface area (Å²) in [5.74, 6) is 0.605. The van der Waals surface area contributed by atoms with Crippen molar-refractivity contribution in [1.29, 1.82) is 0 Å². The number of carbonyl (C=O) groups excluding carboxylic acids is 2. The second-order valence-corrected chi connectivity index (χ2v) is 8.35. The van der Waals surface area contributed by atoms with Gasteiger partial charge in [-0.3, -0.25) is 14.6 Å². The zero-order valence-electron chi connectivity index (χ0n) is 17.8. The van der Waals surface area contributed by atoms with Gasteiger partial charge in [0.05, 0.1) is 13.7 Å². The SMILES string of the molecule is COc1ccc(CN(C(=O)C2CCCN2C(=O)OCc2ccccc2)c2nccs2)cc1. The summed E-state index contributed by atoms with van der Waals surface area (Å²) in [5.41, 5.74) is 1.86. The van der Waals surface area contributed by atoms with Crippen LogP contribution in [0.25, 0.3) is 0 Å². The van der Waals surface area contributed by atoms with E-state index in [1.165, 1.54) is 11.3 Å². The van der Waals surface area contributed by atoms with Gasteiger partial charge < -0.3 is 9.47 Å². The lowest BCUT2D eigenvalue weighted by Crippen LogP contribution is -2.48. The molecule has 0 saturated carbocycles. The fraction of sp³-hybridized carbons (Fsp3) is 0.292. The number of hydrogen-bond donors (Lipinski definition) is 0. The number of amides is 2. The maximum Gasteiger partial charge on any atom is 0.410 e. The summed E-state index contributed by atoms with van der Waals surface area (Å²) in [7, 11) is 1.62. The highest BCUT2D eigenvalue weighted by atomic mass is 32.1. The van der Waals surface area contributed by atoms with Crippen molar-refractivity contribution in [2.75, 3.05) is 18.6 Å². The molecule has 1 aromatic heterocycles. The third-order valence-corrected chi connectivity index (χ3v) is 6.19. The molecule has 4 rings (SSSR count). The van der Waals surface area contributed by atoms with Crippen LogP contribution in [0.4, 0.5) is 9.93 Å². The van der Waals surface area contributed by atoms with Crippen molar-refractivity contribution in [3.63, 3.8) is 0 Å². The molecule has 3 aromatic rings. The highest BCUT2D eigenvalue weighted by Crippen LogP contribution is 2.27. The molecule has 0 aliphatic carbocycles. The second kappa shape index (κ2) is 10.3. The Balaban J connectivity index is 1.48. The highest BCUT2D eigenvalue weighted by Gasteiger charge is 2.38. The molecule has 2 heterocycles. The predicted molar refractivity (Wildman–Crippen MR) is 123 cm³/mol. The Hall–Kier alpha value is -3.39. The van der Waals surface area contributed by atoms with Gasteiger partial charge in [-0.25, -0.2) is 9.78 Å². The maximum absolute atomic E-state index is 13.6. The molecule has 0 N–H and O–H groups in total. The van der Waals surface area contributed by atoms with Crippen LogP contribution in [0.1, 0.15) is 24.0 Å². The fourth-order valence-corrected chi connectivity index (χ4v) is 4.37. The number of methoxy groups -OCH3 is 1. The average molecular weight is 452 g/mol. The average Bonchev–Trinajstić information content (AvgIpc) is 3.54. The fourth-order valence-electron chi connectivity index (χ4n) is 3.73. The summed E-state index contributed by atoms with van der Waals surface area (Å²) >= 11 is 1.40. The summed E-state index contributed by atoms with van der Waals surface area (Å²) in [6.45, 7) is 1.04. The number of anilines is 1. The van der Waals surface area contributed by atoms with Gasteiger partial charge in [0.25, 0.3) is 5.91 Å². The minimum atomic E-state index is -0.569. The maximum atomic E-state index is 13.6. The number of rotatable bonds is 7. The zero-order chi connectivity index (χ0) is 22.3. The standard InChI is InChI=1S/C24H25N3O4S/c1-30-20-11-9-18(10-12-20)16-27(23-25-13-15-32-23)22(28)21-8-5-14-26(21)24(29)31-17-19-6-3-2-4-7-19/h2-4,6-7,9-13,15,21H,5,8,14,16-17H2,1H3. The monoisotopic (exact) mass is 451 g/mol. The Morgan fingerprint density at radius 2 is 1.91 bits per heavy atom. The first-order valence-electron chi connectivity index (χ1n) is 10.5. The van der Waals surface area contributed by atoms with E-state index in [9.17, 15) is 9.59 Å². The van der Waals surface area contributed by atoms with Gasteiger partial charge in [-0.05, 0) is 36.1 Å². The molecule has 2 amide bonds. The summed E-state index contributed by atoms with van der Waals surface area (Å²) in [6, 6.07) is 16.5. The Bertz CT molecular complexity index is 1030. The van der Waals surface area contributed by atoms with Crippen LogP contribution < -0.4 is 9.64 Å². The molecule has 0 bridgehead atoms. The van der Waals surface area contributed by atoms with Crippen molar-refractivity contribution in [3.05, 3.63) is 77.3 Å². The van der Waals surface area contributed by atoms with E-state index in [-0.39, 0.29) is 12.5 Å². The molecule has 1 atom stereocenters. The Morgan fingerprint density at radius 1 is 1.12 bits per heavy atom. The number of carbonyl (C=O) groups is 2. The lowest BCUT2D eigenvalue weighted by molar-refractivity contribution is -0.122. The zero-order valence-corrected chi connectivity index (χ0v) is 18.7. The van der Waals surface area contributed by atoms with Crippen LogP contribution in [-0.4, -0.2) is 41.6 Å². The number of hydrogen-bond acceptors (Lipinski definition) is 6. The van der Waals surface area contributed by atoms with E-state index in [2.05, 4.69) is 4.98 Å². The molecule has 166 valence electrons. The molecule has 8 heteroatoms. The Labute approximate surface area is 191 Å². The topological polar surface area (TPSA) is 72.0 Å². The summed E-state index contributed by atoms with van der Waals surface area (Å²) in [5, 5.41) is 2.44. The van der Waals surface area contributed by atoms with Crippen LogP contribution in [0.15, 0.2) is 66.2 Å². The van der Waals surface area contributed by atoms with Crippen LogP contribution in [0.5, 0.6) is 5.75 Å². The summed E-state index contributed by atoms with van der Waals surface area (Å²) in [4.78, 5) is 33.9. The number of nitrogens with zero attached hydrogens (tertiary/aromatic N) is 3. The third-order valence-electron chi connectivity index (χ3n) is 5.39. The molecule has 1 aliphatic heterocycles. The number of thiazole rings is 1. The molecular formula is C24H25N3O4S. The molecule has 1 unspecified atom stereocenters. The van der Waals surface area contributed by atoms with Crippen molar-refractivity contribution in [3.8, 4) is 5.75 Å². The largest absolute Gasteiger partial charge is 0.497 e. The van der Waals surface area contributed by atoms with Crippen molar-refractivity contribution >= 4 is 28.5 Å². The molecule has 0 spiro atoms. The first-order chi connectivity index (χ1) is 15.7. The van der Waals surface area contributed by atoms with Gasteiger partial charge in [0.2, 0.25) is 0 Å². The van der Waals surface area contributed by atoms with Crippen LogP contribution in [0, 0.1) is 0 Å². The predicted octanol–water partition coefficient (Wildman–Crippen LogP) is 4.49. The smallest absolute Gasteiger partial charge is 0.410 e. The van der Waals surface area contributed by atoms with Gasteiger partial charge in [0, 0.05) is 18.1 Å². The van der Waals surface area contributed by atoms with Crippen LogP contribution in [0.3, 0.4) is 0 Å². The van der Waals surface area contributed by atoms with E-state index in [0.29, 0.717) is 24.6 Å². The van der Waals surface area contributed by atoms with E-state index in [0.717, 1.165) is 23.3 Å². The van der Waals surface area contributed by atoms with Gasteiger partial charge in [0.15, 0.2) is 5.13 Å². The van der Waals surface area contributed by atoms with Crippen LogP contribution >= 0.6 is 11.3 Å². The van der Waals surface area contributed by atoms with Gasteiger partial charge in [0.1, 0.15) is 18.4 Å². The number of likely N-dealkylation sites (tertiary alicyclic amines) is 1. The van der Waals surface area contributed by atoms with Crippen LogP contribution in [0.2, 0.25) is 0 Å². The van der Waals surface area contributed by atoms with E-state index in [4.69, 9.17) is 9.47 Å². The Morgan fingerprint density at radius 3 is 2.59 bits per heavy atom. The number of benzene rings is 2. The molecule has 1 fully saturated rings. The van der Waals surface area contributed by atoms with Crippen molar-refractivity contribution < 1.29 is 19.1 Å². The van der Waals surface area contributed by atoms with E-state index in [1.54, 1.807) is 23.1 Å². The molecular weight excluding hydrogens is 426 g/mol. The minimum Gasteiger partial charge on any atom is -0.497 e. The van der Waals surface area contributed by atoms with E-state index < -0.39 is 12.1 Å². The first kappa shape index (κ1) is 21.8. The van der Waals surface area contributed by atoms with Crippen molar-refractivity contribution in [2.45, 2.75) is 32.0 Å². The third kappa shape index (κ3) is 5.08. The normalized spacial score (nSPS) is 15.4. The lowest BCUT2D eigenvalue weighted by atomic mass is 10.1. The molecule has 32 heavy (non-hydrogen) atoms. The molecule has 1 saturated heterocycles. The molecule has 1 aliphatic rings.